The number of nitrogens with two attached hydrogens (primary N) is 1. The molecule has 0 amide bonds. The number of hydrogen-bond acceptors (Lipinski definition) is 3. The molecule has 0 aromatic heterocycles. The molecular formula is C15H29N3. The first-order chi connectivity index (χ1) is 8.69. The number of rotatable bonds is 6. The second kappa shape index (κ2) is 5.10. The lowest BCUT2D eigenvalue weighted by Crippen LogP contribution is -2.59. The molecule has 3 aliphatic rings. The minimum Gasteiger partial charge on any atom is -0.329 e. The third kappa shape index (κ3) is 3.06. The largest absolute Gasteiger partial charge is 0.329 e. The fourth-order valence-electron chi connectivity index (χ4n) is 3.42. The Labute approximate surface area is 112 Å². The molecule has 0 bridgehead atoms. The van der Waals surface area contributed by atoms with Crippen molar-refractivity contribution in [3.63, 3.8) is 0 Å². The highest BCUT2D eigenvalue weighted by Crippen LogP contribution is 2.39. The monoisotopic (exact) mass is 251 g/mol. The van der Waals surface area contributed by atoms with Gasteiger partial charge in [0.15, 0.2) is 0 Å². The van der Waals surface area contributed by atoms with Crippen LogP contribution in [0.3, 0.4) is 0 Å². The van der Waals surface area contributed by atoms with Gasteiger partial charge in [0.25, 0.3) is 0 Å². The van der Waals surface area contributed by atoms with Crippen molar-refractivity contribution in [1.29, 1.82) is 0 Å². The van der Waals surface area contributed by atoms with Gasteiger partial charge in [-0.2, -0.15) is 0 Å². The van der Waals surface area contributed by atoms with Crippen molar-refractivity contribution in [1.82, 2.24) is 9.80 Å². The predicted octanol–water partition coefficient (Wildman–Crippen LogP) is 1.53. The van der Waals surface area contributed by atoms with Crippen molar-refractivity contribution in [2.75, 3.05) is 39.3 Å². The van der Waals surface area contributed by atoms with Crippen molar-refractivity contribution in [3.8, 4) is 0 Å². The Hall–Kier alpha value is -0.120. The minimum atomic E-state index is 0.271. The van der Waals surface area contributed by atoms with Crippen molar-refractivity contribution in [2.45, 2.75) is 44.6 Å². The molecule has 3 nitrogen and oxygen atoms in total. The van der Waals surface area contributed by atoms with Gasteiger partial charge in [0, 0.05) is 44.8 Å². The Balaban J connectivity index is 1.49. The summed E-state index contributed by atoms with van der Waals surface area (Å²) in [7, 11) is 0. The van der Waals surface area contributed by atoms with E-state index in [0.29, 0.717) is 0 Å². The zero-order valence-electron chi connectivity index (χ0n) is 11.9. The number of hydrogen-bond donors (Lipinski definition) is 1. The quantitative estimate of drug-likeness (QED) is 0.777. The molecule has 0 spiro atoms. The van der Waals surface area contributed by atoms with Crippen LogP contribution >= 0.6 is 0 Å². The molecule has 0 radical (unpaired) electrons. The van der Waals surface area contributed by atoms with Crippen LogP contribution in [0.2, 0.25) is 0 Å². The van der Waals surface area contributed by atoms with Gasteiger partial charge in [-0.3, -0.25) is 4.90 Å². The van der Waals surface area contributed by atoms with E-state index in [0.717, 1.165) is 18.4 Å². The van der Waals surface area contributed by atoms with Gasteiger partial charge < -0.3 is 10.6 Å². The van der Waals surface area contributed by atoms with Gasteiger partial charge in [-0.1, -0.05) is 12.8 Å². The summed E-state index contributed by atoms with van der Waals surface area (Å²) in [5.74, 6) is 2.01. The molecule has 3 fully saturated rings. The van der Waals surface area contributed by atoms with E-state index < -0.39 is 0 Å². The summed E-state index contributed by atoms with van der Waals surface area (Å²) in [5.41, 5.74) is 6.35. The summed E-state index contributed by atoms with van der Waals surface area (Å²) in [6, 6.07) is 0. The van der Waals surface area contributed by atoms with Gasteiger partial charge >= 0.3 is 0 Å². The first-order valence-electron chi connectivity index (χ1n) is 7.87. The maximum absolute atomic E-state index is 6.08. The molecule has 1 atom stereocenters. The summed E-state index contributed by atoms with van der Waals surface area (Å²) in [6.45, 7) is 9.55. The van der Waals surface area contributed by atoms with Crippen LogP contribution in [0, 0.1) is 11.8 Å². The highest BCUT2D eigenvalue weighted by molar-refractivity contribution is 4.95. The van der Waals surface area contributed by atoms with Crippen LogP contribution in [-0.4, -0.2) is 54.6 Å². The zero-order valence-corrected chi connectivity index (χ0v) is 11.9. The highest BCUT2D eigenvalue weighted by Gasteiger charge is 2.38. The van der Waals surface area contributed by atoms with Gasteiger partial charge in [-0.15, -0.1) is 0 Å². The van der Waals surface area contributed by atoms with Crippen molar-refractivity contribution < 1.29 is 0 Å². The number of piperazine rings is 1. The summed E-state index contributed by atoms with van der Waals surface area (Å²) in [5, 5.41) is 0. The molecule has 2 aliphatic carbocycles. The average Bonchev–Trinajstić information content (AvgIpc) is 3.26. The summed E-state index contributed by atoms with van der Waals surface area (Å²) >= 11 is 0. The molecule has 2 N–H and O–H groups in total. The Kier molecular flexibility index (Phi) is 3.65. The molecule has 1 heterocycles. The lowest BCUT2D eigenvalue weighted by atomic mass is 9.92. The van der Waals surface area contributed by atoms with E-state index in [2.05, 4.69) is 16.7 Å². The lowest BCUT2D eigenvalue weighted by molar-refractivity contribution is 0.0367. The fourth-order valence-corrected chi connectivity index (χ4v) is 3.42. The Morgan fingerprint density at radius 1 is 1.00 bits per heavy atom. The molecule has 3 rings (SSSR count). The standard InChI is InChI=1S/C15H29N3/c1-15(12-16,10-13-2-3-13)18-8-6-17(7-9-18)11-14-4-5-14/h13-14H,2-12,16H2,1H3. The molecule has 1 unspecified atom stereocenters. The SMILES string of the molecule is CC(CN)(CC1CC1)N1CCN(CC2CC2)CC1. The maximum Gasteiger partial charge on any atom is 0.0307 e. The van der Waals surface area contributed by atoms with Crippen molar-refractivity contribution >= 4 is 0 Å². The van der Waals surface area contributed by atoms with Crippen LogP contribution in [0.25, 0.3) is 0 Å². The normalized spacial score (nSPS) is 30.3. The Morgan fingerprint density at radius 2 is 1.61 bits per heavy atom. The van der Waals surface area contributed by atoms with Crippen molar-refractivity contribution in [2.24, 2.45) is 17.6 Å². The molecule has 0 aromatic carbocycles. The minimum absolute atomic E-state index is 0.271. The van der Waals surface area contributed by atoms with Crippen LogP contribution in [0.4, 0.5) is 0 Å². The van der Waals surface area contributed by atoms with E-state index in [9.17, 15) is 0 Å². The van der Waals surface area contributed by atoms with E-state index in [1.54, 1.807) is 0 Å². The molecule has 3 heteroatoms. The van der Waals surface area contributed by atoms with E-state index in [1.165, 1.54) is 64.8 Å². The summed E-state index contributed by atoms with van der Waals surface area (Å²) < 4.78 is 0. The second-order valence-corrected chi connectivity index (χ2v) is 7.08. The van der Waals surface area contributed by atoms with Crippen LogP contribution in [0.1, 0.15) is 39.0 Å². The van der Waals surface area contributed by atoms with Gasteiger partial charge in [0.1, 0.15) is 0 Å². The van der Waals surface area contributed by atoms with Crippen molar-refractivity contribution in [3.05, 3.63) is 0 Å². The van der Waals surface area contributed by atoms with Gasteiger partial charge in [0.05, 0.1) is 0 Å². The Bertz CT molecular complexity index is 277. The van der Waals surface area contributed by atoms with Gasteiger partial charge in [-0.25, -0.2) is 0 Å². The third-order valence-corrected chi connectivity index (χ3v) is 5.21. The molecule has 1 aliphatic heterocycles. The van der Waals surface area contributed by atoms with E-state index in [-0.39, 0.29) is 5.54 Å². The van der Waals surface area contributed by atoms with Crippen LogP contribution in [0.15, 0.2) is 0 Å². The first-order valence-corrected chi connectivity index (χ1v) is 7.87. The van der Waals surface area contributed by atoms with E-state index >= 15 is 0 Å². The Morgan fingerprint density at radius 3 is 2.11 bits per heavy atom. The van der Waals surface area contributed by atoms with E-state index in [1.807, 2.05) is 0 Å². The molecule has 104 valence electrons. The maximum atomic E-state index is 6.08. The van der Waals surface area contributed by atoms with Crippen LogP contribution in [0.5, 0.6) is 0 Å². The third-order valence-electron chi connectivity index (χ3n) is 5.21. The molecule has 0 aromatic rings. The van der Waals surface area contributed by atoms with Gasteiger partial charge in [-0.05, 0) is 38.0 Å². The molecule has 2 saturated carbocycles. The van der Waals surface area contributed by atoms with E-state index in [4.69, 9.17) is 5.73 Å². The topological polar surface area (TPSA) is 32.5 Å². The smallest absolute Gasteiger partial charge is 0.0307 e. The summed E-state index contributed by atoms with van der Waals surface area (Å²) in [6.07, 6.45) is 7.16. The lowest BCUT2D eigenvalue weighted by Gasteiger charge is -2.46. The highest BCUT2D eigenvalue weighted by atomic mass is 15.3. The molecular weight excluding hydrogens is 222 g/mol. The molecule has 1 saturated heterocycles. The predicted molar refractivity (Wildman–Crippen MR) is 75.5 cm³/mol. The zero-order chi connectivity index (χ0) is 12.6. The van der Waals surface area contributed by atoms with Crippen LogP contribution < -0.4 is 5.73 Å². The summed E-state index contributed by atoms with van der Waals surface area (Å²) in [4.78, 5) is 5.34. The average molecular weight is 251 g/mol. The van der Waals surface area contributed by atoms with Crippen LogP contribution in [-0.2, 0) is 0 Å². The fraction of sp³-hybridized carbons (Fsp3) is 1.00. The molecule has 18 heavy (non-hydrogen) atoms. The second-order valence-electron chi connectivity index (χ2n) is 7.08. The first kappa shape index (κ1) is 12.9. The van der Waals surface area contributed by atoms with Gasteiger partial charge in [0.2, 0.25) is 0 Å². The number of nitrogens with zero attached hydrogens (tertiary/aromatic N) is 2.